The number of unbranched alkanes of at least 4 members (excludes halogenated alkanes) is 1. The molecule has 0 radical (unpaired) electrons. The van der Waals surface area contributed by atoms with Gasteiger partial charge < -0.3 is 14.4 Å². The number of carbonyl (C=O) groups is 2. The average molecular weight is 453 g/mol. The predicted octanol–water partition coefficient (Wildman–Crippen LogP) is 4.78. The molecule has 32 heavy (non-hydrogen) atoms. The van der Waals surface area contributed by atoms with Crippen molar-refractivity contribution < 1.29 is 36.6 Å². The lowest BCUT2D eigenvalue weighted by Crippen LogP contribution is -2.50. The first-order valence-corrected chi connectivity index (χ1v) is 10.4. The van der Waals surface area contributed by atoms with E-state index in [0.717, 1.165) is 12.1 Å². The van der Waals surface area contributed by atoms with Gasteiger partial charge in [-0.05, 0) is 31.4 Å². The molecule has 0 aromatic heterocycles. The first-order valence-electron chi connectivity index (χ1n) is 10.4. The minimum absolute atomic E-state index is 0.00641. The van der Waals surface area contributed by atoms with Crippen LogP contribution in [-0.4, -0.2) is 31.1 Å². The SMILES string of the molecule is CCCCOC(=O)C1CC(C(=O)Oc2cc(F)c(F)c(F)c2F)CCN1c1ccccc1. The summed E-state index contributed by atoms with van der Waals surface area (Å²) >= 11 is 0. The lowest BCUT2D eigenvalue weighted by molar-refractivity contribution is -0.147. The summed E-state index contributed by atoms with van der Waals surface area (Å²) < 4.78 is 64.1. The van der Waals surface area contributed by atoms with E-state index >= 15 is 0 Å². The van der Waals surface area contributed by atoms with Crippen LogP contribution in [0.2, 0.25) is 0 Å². The molecule has 0 saturated carbocycles. The van der Waals surface area contributed by atoms with Gasteiger partial charge in [0.25, 0.3) is 0 Å². The smallest absolute Gasteiger partial charge is 0.328 e. The van der Waals surface area contributed by atoms with Crippen molar-refractivity contribution in [2.45, 2.75) is 38.6 Å². The fourth-order valence-corrected chi connectivity index (χ4v) is 3.56. The fraction of sp³-hybridized carbons (Fsp3) is 0.391. The predicted molar refractivity (Wildman–Crippen MR) is 108 cm³/mol. The number of esters is 2. The third kappa shape index (κ3) is 5.20. The number of halogens is 4. The summed E-state index contributed by atoms with van der Waals surface area (Å²) in [7, 11) is 0. The van der Waals surface area contributed by atoms with Gasteiger partial charge in [0.05, 0.1) is 12.5 Å². The molecular formula is C23H23F4NO4. The standard InChI is InChI=1S/C23H23F4NO4/c1-2-3-11-31-23(30)17-12-14(9-10-28(17)15-7-5-4-6-8-15)22(29)32-18-13-16(24)19(25)21(27)20(18)26/h4-8,13-14,17H,2-3,9-12H2,1H3. The molecule has 2 aromatic rings. The molecule has 0 aliphatic carbocycles. The zero-order valence-electron chi connectivity index (χ0n) is 17.5. The third-order valence-electron chi connectivity index (χ3n) is 5.32. The van der Waals surface area contributed by atoms with Gasteiger partial charge in [-0.3, -0.25) is 4.79 Å². The van der Waals surface area contributed by atoms with Crippen molar-refractivity contribution in [1.82, 2.24) is 0 Å². The van der Waals surface area contributed by atoms with Gasteiger partial charge in [0.15, 0.2) is 17.4 Å². The molecule has 0 bridgehead atoms. The first kappa shape index (κ1) is 23.6. The van der Waals surface area contributed by atoms with Gasteiger partial charge in [0, 0.05) is 18.3 Å². The topological polar surface area (TPSA) is 55.8 Å². The van der Waals surface area contributed by atoms with Crippen molar-refractivity contribution in [2.75, 3.05) is 18.1 Å². The molecule has 2 atom stereocenters. The lowest BCUT2D eigenvalue weighted by atomic mass is 9.90. The molecule has 0 spiro atoms. The van der Waals surface area contributed by atoms with E-state index in [1.54, 1.807) is 0 Å². The molecule has 172 valence electrons. The molecule has 1 aliphatic heterocycles. The van der Waals surface area contributed by atoms with Crippen LogP contribution in [0.1, 0.15) is 32.6 Å². The van der Waals surface area contributed by atoms with Gasteiger partial charge in [0.1, 0.15) is 6.04 Å². The number of rotatable bonds is 7. The van der Waals surface area contributed by atoms with E-state index in [1.165, 1.54) is 0 Å². The summed E-state index contributed by atoms with van der Waals surface area (Å²) in [5.41, 5.74) is 0.769. The lowest BCUT2D eigenvalue weighted by Gasteiger charge is -2.38. The van der Waals surface area contributed by atoms with E-state index in [4.69, 9.17) is 9.47 Å². The van der Waals surface area contributed by atoms with Crippen molar-refractivity contribution in [1.29, 1.82) is 0 Å². The van der Waals surface area contributed by atoms with E-state index in [-0.39, 0.29) is 25.5 Å². The second-order valence-electron chi connectivity index (χ2n) is 7.51. The van der Waals surface area contributed by atoms with Crippen molar-refractivity contribution >= 4 is 17.6 Å². The molecule has 1 fully saturated rings. The second-order valence-corrected chi connectivity index (χ2v) is 7.51. The molecule has 0 N–H and O–H groups in total. The summed E-state index contributed by atoms with van der Waals surface area (Å²) in [5.74, 6) is -10.9. The number of ether oxygens (including phenoxy) is 2. The second kappa shape index (κ2) is 10.5. The number of nitrogens with zero attached hydrogens (tertiary/aromatic N) is 1. The van der Waals surface area contributed by atoms with E-state index in [9.17, 15) is 27.2 Å². The highest BCUT2D eigenvalue weighted by molar-refractivity contribution is 5.83. The van der Waals surface area contributed by atoms with E-state index < -0.39 is 52.9 Å². The Morgan fingerprint density at radius 2 is 1.75 bits per heavy atom. The van der Waals surface area contributed by atoms with Crippen molar-refractivity contribution in [3.8, 4) is 5.75 Å². The molecule has 9 heteroatoms. The highest BCUT2D eigenvalue weighted by Gasteiger charge is 2.39. The van der Waals surface area contributed by atoms with Gasteiger partial charge in [0.2, 0.25) is 11.6 Å². The maximum atomic E-state index is 13.9. The van der Waals surface area contributed by atoms with Crippen LogP contribution < -0.4 is 9.64 Å². The van der Waals surface area contributed by atoms with Crippen LogP contribution in [0.3, 0.4) is 0 Å². The van der Waals surface area contributed by atoms with Gasteiger partial charge in [-0.2, -0.15) is 4.39 Å². The number of piperidine rings is 1. The minimum atomic E-state index is -2.07. The summed E-state index contributed by atoms with van der Waals surface area (Å²) in [6.07, 6.45) is 1.79. The Balaban J connectivity index is 1.77. The molecule has 3 rings (SSSR count). The zero-order chi connectivity index (χ0) is 23.3. The Morgan fingerprint density at radius 3 is 2.44 bits per heavy atom. The highest BCUT2D eigenvalue weighted by Crippen LogP contribution is 2.31. The van der Waals surface area contributed by atoms with Crippen LogP contribution >= 0.6 is 0 Å². The Morgan fingerprint density at radius 1 is 1.03 bits per heavy atom. The fourth-order valence-electron chi connectivity index (χ4n) is 3.56. The molecule has 2 unspecified atom stereocenters. The van der Waals surface area contributed by atoms with Crippen LogP contribution in [0.15, 0.2) is 36.4 Å². The molecule has 2 aromatic carbocycles. The summed E-state index contributed by atoms with van der Waals surface area (Å²) in [6.45, 7) is 2.49. The molecule has 1 saturated heterocycles. The highest BCUT2D eigenvalue weighted by atomic mass is 19.2. The summed E-state index contributed by atoms with van der Waals surface area (Å²) in [5, 5.41) is 0. The Bertz CT molecular complexity index is 970. The number of hydrogen-bond acceptors (Lipinski definition) is 5. The zero-order valence-corrected chi connectivity index (χ0v) is 17.5. The van der Waals surface area contributed by atoms with Crippen LogP contribution in [0.25, 0.3) is 0 Å². The Labute approximate surface area is 182 Å². The summed E-state index contributed by atoms with van der Waals surface area (Å²) in [4.78, 5) is 27.2. The maximum Gasteiger partial charge on any atom is 0.328 e. The van der Waals surface area contributed by atoms with E-state index in [1.807, 2.05) is 42.2 Å². The number of anilines is 1. The van der Waals surface area contributed by atoms with Crippen LogP contribution in [0, 0.1) is 29.2 Å². The Kier molecular flexibility index (Phi) is 7.71. The summed E-state index contributed by atoms with van der Waals surface area (Å²) in [6, 6.07) is 8.59. The van der Waals surface area contributed by atoms with Gasteiger partial charge in [-0.1, -0.05) is 31.5 Å². The largest absolute Gasteiger partial charge is 0.464 e. The third-order valence-corrected chi connectivity index (χ3v) is 5.32. The minimum Gasteiger partial charge on any atom is -0.464 e. The monoisotopic (exact) mass is 453 g/mol. The average Bonchev–Trinajstić information content (AvgIpc) is 2.81. The molecule has 1 heterocycles. The van der Waals surface area contributed by atoms with E-state index in [2.05, 4.69) is 0 Å². The molecule has 0 amide bonds. The molecule has 1 aliphatic rings. The van der Waals surface area contributed by atoms with Gasteiger partial charge >= 0.3 is 11.9 Å². The van der Waals surface area contributed by atoms with Crippen LogP contribution in [0.4, 0.5) is 23.2 Å². The number of para-hydroxylation sites is 1. The van der Waals surface area contributed by atoms with Crippen LogP contribution in [0.5, 0.6) is 5.75 Å². The first-order chi connectivity index (χ1) is 15.3. The van der Waals surface area contributed by atoms with Gasteiger partial charge in [-0.15, -0.1) is 0 Å². The van der Waals surface area contributed by atoms with Crippen molar-refractivity contribution in [3.63, 3.8) is 0 Å². The van der Waals surface area contributed by atoms with Crippen molar-refractivity contribution in [3.05, 3.63) is 59.7 Å². The number of hydrogen-bond donors (Lipinski definition) is 0. The number of benzene rings is 2. The molecule has 5 nitrogen and oxygen atoms in total. The normalized spacial score (nSPS) is 18.3. The maximum absolute atomic E-state index is 13.9. The molecular weight excluding hydrogens is 430 g/mol. The van der Waals surface area contributed by atoms with E-state index in [0.29, 0.717) is 13.0 Å². The van der Waals surface area contributed by atoms with Crippen molar-refractivity contribution in [2.24, 2.45) is 5.92 Å². The quantitative estimate of drug-likeness (QED) is 0.151. The Hall–Kier alpha value is -3.10. The number of carbonyl (C=O) groups excluding carboxylic acids is 2. The van der Waals surface area contributed by atoms with Crippen LogP contribution in [-0.2, 0) is 14.3 Å². The van der Waals surface area contributed by atoms with Gasteiger partial charge in [-0.25, -0.2) is 18.0 Å².